The van der Waals surface area contributed by atoms with Gasteiger partial charge in [-0.25, -0.2) is 0 Å². The molecule has 0 heterocycles. The number of hydrogen-bond donors (Lipinski definition) is 2. The average Bonchev–Trinajstić information content (AvgIpc) is 1.84. The predicted octanol–water partition coefficient (Wildman–Crippen LogP) is -0.155. The highest BCUT2D eigenvalue weighted by Gasteiger charge is 2.15. The number of carbonyl (C=O) groups excluding carboxylic acids is 1. The molecule has 2 unspecified atom stereocenters. The quantitative estimate of drug-likeness (QED) is 0.557. The van der Waals surface area contributed by atoms with Crippen molar-refractivity contribution in [3.63, 3.8) is 0 Å². The molecule has 0 aromatic heterocycles. The Bertz CT molecular complexity index is 103. The third kappa shape index (κ3) is 2.46. The zero-order valence-corrected chi connectivity index (χ0v) is 5.92. The minimum Gasteiger partial charge on any atom is -0.368 e. The monoisotopic (exact) mass is 130 g/mol. The van der Waals surface area contributed by atoms with E-state index < -0.39 is 11.9 Å². The molecule has 0 spiro atoms. The third-order valence-electron chi connectivity index (χ3n) is 1.59. The van der Waals surface area contributed by atoms with Gasteiger partial charge in [0.15, 0.2) is 0 Å². The molecule has 0 rings (SSSR count). The minimum atomic E-state index is -0.477. The Morgan fingerprint density at radius 1 is 1.67 bits per heavy atom. The summed E-state index contributed by atoms with van der Waals surface area (Å²) >= 11 is 0. The molecule has 0 aromatic rings. The lowest BCUT2D eigenvalue weighted by Crippen LogP contribution is -2.41. The topological polar surface area (TPSA) is 69.1 Å². The van der Waals surface area contributed by atoms with E-state index in [-0.39, 0.29) is 5.92 Å². The molecule has 1 amide bonds. The van der Waals surface area contributed by atoms with E-state index in [4.69, 9.17) is 11.5 Å². The van der Waals surface area contributed by atoms with Gasteiger partial charge in [-0.05, 0) is 5.92 Å². The van der Waals surface area contributed by atoms with Crippen LogP contribution in [0.3, 0.4) is 0 Å². The van der Waals surface area contributed by atoms with Crippen LogP contribution in [0.1, 0.15) is 20.3 Å². The Labute approximate surface area is 55.4 Å². The summed E-state index contributed by atoms with van der Waals surface area (Å²) in [5.74, 6) is -0.216. The average molecular weight is 130 g/mol. The molecule has 9 heavy (non-hydrogen) atoms. The molecule has 0 aliphatic rings. The number of primary amides is 1. The molecule has 0 saturated heterocycles. The van der Waals surface area contributed by atoms with E-state index in [0.717, 1.165) is 6.42 Å². The lowest BCUT2D eigenvalue weighted by atomic mass is 10.00. The van der Waals surface area contributed by atoms with Gasteiger partial charge in [-0.15, -0.1) is 0 Å². The summed E-state index contributed by atoms with van der Waals surface area (Å²) in [6, 6.07) is -0.477. The smallest absolute Gasteiger partial charge is 0.234 e. The van der Waals surface area contributed by atoms with Crippen molar-refractivity contribution in [3.05, 3.63) is 0 Å². The molecule has 54 valence electrons. The maximum Gasteiger partial charge on any atom is 0.234 e. The van der Waals surface area contributed by atoms with Crippen molar-refractivity contribution in [1.29, 1.82) is 0 Å². The second-order valence-corrected chi connectivity index (χ2v) is 2.31. The summed E-state index contributed by atoms with van der Waals surface area (Å²) in [4.78, 5) is 10.4. The van der Waals surface area contributed by atoms with Gasteiger partial charge < -0.3 is 11.5 Å². The van der Waals surface area contributed by atoms with Crippen molar-refractivity contribution in [3.8, 4) is 0 Å². The van der Waals surface area contributed by atoms with Crippen molar-refractivity contribution >= 4 is 5.91 Å². The summed E-state index contributed by atoms with van der Waals surface area (Å²) in [5.41, 5.74) is 10.3. The molecule has 3 heteroatoms. The number of rotatable bonds is 3. The highest BCUT2D eigenvalue weighted by molar-refractivity contribution is 5.79. The van der Waals surface area contributed by atoms with Crippen LogP contribution in [0.5, 0.6) is 0 Å². The second-order valence-electron chi connectivity index (χ2n) is 2.31. The van der Waals surface area contributed by atoms with E-state index in [1.807, 2.05) is 13.8 Å². The van der Waals surface area contributed by atoms with Crippen molar-refractivity contribution in [1.82, 2.24) is 0 Å². The van der Waals surface area contributed by atoms with Crippen LogP contribution >= 0.6 is 0 Å². The van der Waals surface area contributed by atoms with Crippen molar-refractivity contribution in [2.45, 2.75) is 26.3 Å². The summed E-state index contributed by atoms with van der Waals surface area (Å²) < 4.78 is 0. The summed E-state index contributed by atoms with van der Waals surface area (Å²) in [6.45, 7) is 3.89. The molecule has 0 aliphatic carbocycles. The summed E-state index contributed by atoms with van der Waals surface area (Å²) in [6.07, 6.45) is 0.893. The van der Waals surface area contributed by atoms with Gasteiger partial charge in [0.1, 0.15) is 0 Å². The predicted molar refractivity (Wildman–Crippen MR) is 36.6 cm³/mol. The fourth-order valence-electron chi connectivity index (χ4n) is 0.534. The molecule has 4 N–H and O–H groups in total. The molecular weight excluding hydrogens is 116 g/mol. The van der Waals surface area contributed by atoms with Crippen LogP contribution in [0, 0.1) is 5.92 Å². The first-order valence-corrected chi connectivity index (χ1v) is 3.14. The summed E-state index contributed by atoms with van der Waals surface area (Å²) in [7, 11) is 0. The van der Waals surface area contributed by atoms with E-state index in [1.165, 1.54) is 0 Å². The van der Waals surface area contributed by atoms with Crippen LogP contribution in [0.4, 0.5) is 0 Å². The van der Waals surface area contributed by atoms with Gasteiger partial charge in [0.2, 0.25) is 5.91 Å². The molecular formula is C6H14N2O. The summed E-state index contributed by atoms with van der Waals surface area (Å²) in [5, 5.41) is 0. The fraction of sp³-hybridized carbons (Fsp3) is 0.833. The van der Waals surface area contributed by atoms with Gasteiger partial charge in [-0.2, -0.15) is 0 Å². The van der Waals surface area contributed by atoms with E-state index in [0.29, 0.717) is 0 Å². The molecule has 0 saturated carbocycles. The normalized spacial score (nSPS) is 16.8. The van der Waals surface area contributed by atoms with Crippen molar-refractivity contribution in [2.75, 3.05) is 0 Å². The Balaban J connectivity index is 3.72. The number of nitrogens with two attached hydrogens (primary N) is 2. The Kier molecular flexibility index (Phi) is 3.24. The molecule has 0 bridgehead atoms. The SMILES string of the molecule is CCC(C)C(N)C(N)=O. The molecule has 2 atom stereocenters. The minimum absolute atomic E-state index is 0.197. The Hall–Kier alpha value is -0.570. The standard InChI is InChI=1S/C6H14N2O/c1-3-4(2)5(7)6(8)9/h4-5H,3,7H2,1-2H3,(H2,8,9). The van der Waals surface area contributed by atoms with Crippen molar-refractivity contribution in [2.24, 2.45) is 17.4 Å². The van der Waals surface area contributed by atoms with Crippen LogP contribution in [0.15, 0.2) is 0 Å². The third-order valence-corrected chi connectivity index (χ3v) is 1.59. The molecule has 0 aromatic carbocycles. The van der Waals surface area contributed by atoms with E-state index in [9.17, 15) is 4.79 Å². The van der Waals surface area contributed by atoms with Gasteiger partial charge in [0, 0.05) is 0 Å². The lowest BCUT2D eigenvalue weighted by molar-refractivity contribution is -0.120. The van der Waals surface area contributed by atoms with Crippen LogP contribution in [0.2, 0.25) is 0 Å². The van der Waals surface area contributed by atoms with Gasteiger partial charge in [-0.1, -0.05) is 20.3 Å². The van der Waals surface area contributed by atoms with Gasteiger partial charge in [0.25, 0.3) is 0 Å². The first-order valence-electron chi connectivity index (χ1n) is 3.14. The molecule has 3 nitrogen and oxygen atoms in total. The van der Waals surface area contributed by atoms with Crippen molar-refractivity contribution < 1.29 is 4.79 Å². The Morgan fingerprint density at radius 2 is 2.11 bits per heavy atom. The fourth-order valence-corrected chi connectivity index (χ4v) is 0.534. The Morgan fingerprint density at radius 3 is 2.22 bits per heavy atom. The maximum atomic E-state index is 10.4. The zero-order valence-electron chi connectivity index (χ0n) is 5.92. The first kappa shape index (κ1) is 8.43. The highest BCUT2D eigenvalue weighted by atomic mass is 16.1. The van der Waals surface area contributed by atoms with E-state index >= 15 is 0 Å². The lowest BCUT2D eigenvalue weighted by Gasteiger charge is -2.13. The molecule has 0 aliphatic heterocycles. The van der Waals surface area contributed by atoms with Gasteiger partial charge in [0.05, 0.1) is 6.04 Å². The second kappa shape index (κ2) is 3.45. The van der Waals surface area contributed by atoms with Gasteiger partial charge in [-0.3, -0.25) is 4.79 Å². The largest absolute Gasteiger partial charge is 0.368 e. The molecule has 0 fully saturated rings. The van der Waals surface area contributed by atoms with Gasteiger partial charge >= 0.3 is 0 Å². The van der Waals surface area contributed by atoms with Crippen LogP contribution in [-0.4, -0.2) is 11.9 Å². The number of amides is 1. The number of carbonyl (C=O) groups is 1. The highest BCUT2D eigenvalue weighted by Crippen LogP contribution is 2.03. The van der Waals surface area contributed by atoms with E-state index in [2.05, 4.69) is 0 Å². The van der Waals surface area contributed by atoms with E-state index in [1.54, 1.807) is 0 Å². The van der Waals surface area contributed by atoms with Crippen LogP contribution in [0.25, 0.3) is 0 Å². The molecule has 0 radical (unpaired) electrons. The van der Waals surface area contributed by atoms with Crippen LogP contribution < -0.4 is 11.5 Å². The first-order chi connectivity index (χ1) is 4.09. The van der Waals surface area contributed by atoms with Crippen LogP contribution in [-0.2, 0) is 4.79 Å². The zero-order chi connectivity index (χ0) is 7.44. The number of hydrogen-bond acceptors (Lipinski definition) is 2. The maximum absolute atomic E-state index is 10.4.